The number of hydrogen-bond donors (Lipinski definition) is 2. The van der Waals surface area contributed by atoms with Gasteiger partial charge in [0.2, 0.25) is 5.91 Å². The minimum atomic E-state index is -0.491. The zero-order chi connectivity index (χ0) is 14.4. The molecule has 1 aromatic rings. The first-order chi connectivity index (χ1) is 8.90. The van der Waals surface area contributed by atoms with Gasteiger partial charge in [0, 0.05) is 18.2 Å². The van der Waals surface area contributed by atoms with Crippen LogP contribution in [0.25, 0.3) is 0 Å². The average Bonchev–Trinajstić information content (AvgIpc) is 2.36. The third-order valence-corrected chi connectivity index (χ3v) is 2.70. The van der Waals surface area contributed by atoms with Crippen LogP contribution in [0.3, 0.4) is 0 Å². The summed E-state index contributed by atoms with van der Waals surface area (Å²) in [6, 6.07) is 2.86. The minimum absolute atomic E-state index is 0.0733. The normalized spacial score (nSPS) is 12.5. The Morgan fingerprint density at radius 2 is 1.95 bits per heavy atom. The Kier molecular flexibility index (Phi) is 5.89. The molecule has 1 rings (SSSR count). The second-order valence-corrected chi connectivity index (χ2v) is 4.97. The fraction of sp³-hybridized carbons (Fsp3) is 0.500. The Bertz CT molecular complexity index is 435. The highest BCUT2D eigenvalue weighted by molar-refractivity contribution is 5.78. The van der Waals surface area contributed by atoms with Crippen LogP contribution in [0.1, 0.15) is 32.4 Å². The van der Waals surface area contributed by atoms with Crippen molar-refractivity contribution >= 4 is 5.91 Å². The summed E-state index contributed by atoms with van der Waals surface area (Å²) in [5.74, 6) is -0.752. The third-order valence-electron chi connectivity index (χ3n) is 2.70. The van der Waals surface area contributed by atoms with Crippen molar-refractivity contribution in [2.45, 2.75) is 26.8 Å². The summed E-state index contributed by atoms with van der Waals surface area (Å²) in [6.07, 6.45) is 0. The number of carbonyl (C=O) groups is 1. The molecular weight excluding hydrogens is 250 g/mol. The molecule has 0 bridgehead atoms. The molecule has 2 N–H and O–H groups in total. The Balaban J connectivity index is 2.49. The molecule has 0 radical (unpaired) electrons. The Hall–Kier alpha value is -1.49. The summed E-state index contributed by atoms with van der Waals surface area (Å²) >= 11 is 0. The van der Waals surface area contributed by atoms with Crippen molar-refractivity contribution in [3.05, 3.63) is 35.4 Å². The van der Waals surface area contributed by atoms with E-state index >= 15 is 0 Å². The summed E-state index contributed by atoms with van der Waals surface area (Å²) < 4.78 is 26.5. The maximum Gasteiger partial charge on any atom is 0.233 e. The minimum Gasteiger partial charge on any atom is -0.355 e. The molecule has 0 aliphatic carbocycles. The first-order valence-corrected chi connectivity index (χ1v) is 6.35. The van der Waals surface area contributed by atoms with Crippen LogP contribution in [0.15, 0.2) is 18.2 Å². The lowest BCUT2D eigenvalue weighted by Crippen LogP contribution is -2.36. The number of carbonyl (C=O) groups excluding carboxylic acids is 1. The summed E-state index contributed by atoms with van der Waals surface area (Å²) in [4.78, 5) is 11.5. The zero-order valence-corrected chi connectivity index (χ0v) is 11.5. The molecule has 1 atom stereocenters. The Labute approximate surface area is 112 Å². The molecule has 0 aromatic heterocycles. The Morgan fingerprint density at radius 3 is 2.58 bits per heavy atom. The van der Waals surface area contributed by atoms with E-state index in [0.717, 1.165) is 18.2 Å². The molecule has 1 amide bonds. The van der Waals surface area contributed by atoms with Crippen molar-refractivity contribution in [2.75, 3.05) is 13.1 Å². The van der Waals surface area contributed by atoms with Gasteiger partial charge in [0.1, 0.15) is 11.6 Å². The van der Waals surface area contributed by atoms with Gasteiger partial charge in [0.05, 0.1) is 6.54 Å². The quantitative estimate of drug-likeness (QED) is 0.833. The first kappa shape index (κ1) is 15.6. The lowest BCUT2D eigenvalue weighted by atomic mass is 10.1. The number of nitrogens with one attached hydrogen (secondary N) is 2. The molecule has 1 aromatic carbocycles. The third kappa shape index (κ3) is 5.34. The zero-order valence-electron chi connectivity index (χ0n) is 11.5. The van der Waals surface area contributed by atoms with E-state index in [1.165, 1.54) is 0 Å². The van der Waals surface area contributed by atoms with Crippen LogP contribution in [-0.4, -0.2) is 19.0 Å². The van der Waals surface area contributed by atoms with Gasteiger partial charge in [-0.05, 0) is 31.0 Å². The fourth-order valence-corrected chi connectivity index (χ4v) is 1.58. The van der Waals surface area contributed by atoms with E-state index < -0.39 is 17.7 Å². The molecule has 5 heteroatoms. The maximum atomic E-state index is 13.5. The summed E-state index contributed by atoms with van der Waals surface area (Å²) in [6.45, 7) is 6.36. The van der Waals surface area contributed by atoms with Crippen LogP contribution in [0.4, 0.5) is 8.78 Å². The van der Waals surface area contributed by atoms with Gasteiger partial charge in [0.25, 0.3) is 0 Å². The largest absolute Gasteiger partial charge is 0.355 e. The monoisotopic (exact) mass is 270 g/mol. The highest BCUT2D eigenvalue weighted by Gasteiger charge is 2.13. The molecule has 0 heterocycles. The number of amides is 1. The number of rotatable bonds is 6. The molecule has 19 heavy (non-hydrogen) atoms. The second-order valence-electron chi connectivity index (χ2n) is 4.97. The van der Waals surface area contributed by atoms with Crippen molar-refractivity contribution in [3.8, 4) is 0 Å². The standard InChI is InChI=1S/C14H20F2N2O/c1-9(2)7-18-14(19)8-17-10(3)12-6-11(15)4-5-13(12)16/h4-6,9-10,17H,7-8H2,1-3H3,(H,18,19). The topological polar surface area (TPSA) is 41.1 Å². The van der Waals surface area contributed by atoms with Gasteiger partial charge in [-0.1, -0.05) is 13.8 Å². The maximum absolute atomic E-state index is 13.5. The lowest BCUT2D eigenvalue weighted by molar-refractivity contribution is -0.120. The van der Waals surface area contributed by atoms with E-state index in [-0.39, 0.29) is 18.0 Å². The molecule has 1 unspecified atom stereocenters. The van der Waals surface area contributed by atoms with Crippen molar-refractivity contribution in [2.24, 2.45) is 5.92 Å². The van der Waals surface area contributed by atoms with E-state index in [0.29, 0.717) is 12.5 Å². The van der Waals surface area contributed by atoms with E-state index in [4.69, 9.17) is 0 Å². The highest BCUT2D eigenvalue weighted by atomic mass is 19.1. The number of hydrogen-bond acceptors (Lipinski definition) is 2. The molecule has 3 nitrogen and oxygen atoms in total. The van der Waals surface area contributed by atoms with Gasteiger partial charge >= 0.3 is 0 Å². The van der Waals surface area contributed by atoms with E-state index in [1.54, 1.807) is 6.92 Å². The van der Waals surface area contributed by atoms with E-state index in [1.807, 2.05) is 13.8 Å². The lowest BCUT2D eigenvalue weighted by Gasteiger charge is -2.15. The molecule has 106 valence electrons. The van der Waals surface area contributed by atoms with Crippen LogP contribution >= 0.6 is 0 Å². The van der Waals surface area contributed by atoms with Crippen molar-refractivity contribution in [1.82, 2.24) is 10.6 Å². The van der Waals surface area contributed by atoms with Gasteiger partial charge < -0.3 is 10.6 Å². The fourth-order valence-electron chi connectivity index (χ4n) is 1.58. The molecule has 0 saturated heterocycles. The smallest absolute Gasteiger partial charge is 0.233 e. The second kappa shape index (κ2) is 7.19. The van der Waals surface area contributed by atoms with Crippen molar-refractivity contribution < 1.29 is 13.6 Å². The van der Waals surface area contributed by atoms with Gasteiger partial charge in [-0.3, -0.25) is 4.79 Å². The predicted molar refractivity (Wildman–Crippen MR) is 70.6 cm³/mol. The molecule has 0 aliphatic heterocycles. The predicted octanol–water partition coefficient (Wildman–Crippen LogP) is 2.39. The Morgan fingerprint density at radius 1 is 1.26 bits per heavy atom. The van der Waals surface area contributed by atoms with Gasteiger partial charge in [0.15, 0.2) is 0 Å². The number of benzene rings is 1. The van der Waals surface area contributed by atoms with Crippen molar-refractivity contribution in [1.29, 1.82) is 0 Å². The SMILES string of the molecule is CC(C)CNC(=O)CNC(C)c1cc(F)ccc1F. The summed E-state index contributed by atoms with van der Waals surface area (Å²) in [5.41, 5.74) is 0.219. The van der Waals surface area contributed by atoms with Crippen LogP contribution in [0, 0.1) is 17.6 Å². The molecule has 0 spiro atoms. The number of halogens is 2. The van der Waals surface area contributed by atoms with Gasteiger partial charge in [-0.2, -0.15) is 0 Å². The van der Waals surface area contributed by atoms with E-state index in [9.17, 15) is 13.6 Å². The van der Waals surface area contributed by atoms with E-state index in [2.05, 4.69) is 10.6 Å². The van der Waals surface area contributed by atoms with Crippen molar-refractivity contribution in [3.63, 3.8) is 0 Å². The summed E-state index contributed by atoms with van der Waals surface area (Å²) in [5, 5.41) is 5.62. The highest BCUT2D eigenvalue weighted by Crippen LogP contribution is 2.17. The molecule has 0 fully saturated rings. The van der Waals surface area contributed by atoms with Gasteiger partial charge in [-0.25, -0.2) is 8.78 Å². The van der Waals surface area contributed by atoms with Crippen LogP contribution in [0.5, 0.6) is 0 Å². The average molecular weight is 270 g/mol. The van der Waals surface area contributed by atoms with Crippen LogP contribution < -0.4 is 10.6 Å². The first-order valence-electron chi connectivity index (χ1n) is 6.35. The van der Waals surface area contributed by atoms with Gasteiger partial charge in [-0.15, -0.1) is 0 Å². The van der Waals surface area contributed by atoms with Crippen LogP contribution in [0.2, 0.25) is 0 Å². The summed E-state index contributed by atoms with van der Waals surface area (Å²) in [7, 11) is 0. The molecule has 0 saturated carbocycles. The van der Waals surface area contributed by atoms with Crippen LogP contribution in [-0.2, 0) is 4.79 Å². The molecular formula is C14H20F2N2O. The molecule has 0 aliphatic rings.